The third-order valence-electron chi connectivity index (χ3n) is 6.80. The number of carboxylic acids is 1. The molecule has 210 valence electrons. The number of aromatic nitrogens is 1. The van der Waals surface area contributed by atoms with Crippen molar-refractivity contribution < 1.29 is 37.1 Å². The molecule has 40 heavy (non-hydrogen) atoms. The zero-order valence-electron chi connectivity index (χ0n) is 21.5. The lowest BCUT2D eigenvalue weighted by atomic mass is 9.85. The summed E-state index contributed by atoms with van der Waals surface area (Å²) in [6.45, 7) is 2.61. The highest BCUT2D eigenvalue weighted by Gasteiger charge is 2.42. The molecular formula is C28H27F3N4O5. The number of carbonyl (C=O) groups is 3. The molecule has 0 spiro atoms. The molecular weight excluding hydrogens is 529 g/mol. The van der Waals surface area contributed by atoms with Gasteiger partial charge in [-0.3, -0.25) is 14.4 Å². The zero-order chi connectivity index (χ0) is 29.0. The maximum Gasteiger partial charge on any atom is 0.452 e. The van der Waals surface area contributed by atoms with Gasteiger partial charge in [0.1, 0.15) is 5.92 Å². The molecule has 0 radical (unpaired) electrons. The largest absolute Gasteiger partial charge is 0.481 e. The van der Waals surface area contributed by atoms with Crippen LogP contribution >= 0.6 is 0 Å². The molecule has 0 unspecified atom stereocenters. The number of hydrogen-bond donors (Lipinski definition) is 3. The Hall–Kier alpha value is -4.48. The van der Waals surface area contributed by atoms with Crippen LogP contribution in [0.1, 0.15) is 42.4 Å². The van der Waals surface area contributed by atoms with Crippen LogP contribution in [-0.4, -0.2) is 46.6 Å². The number of ketones is 1. The van der Waals surface area contributed by atoms with Gasteiger partial charge in [0.25, 0.3) is 5.91 Å². The molecule has 12 heteroatoms. The number of rotatable bonds is 9. The fraction of sp³-hybridized carbons (Fsp3) is 0.321. The van der Waals surface area contributed by atoms with Crippen molar-refractivity contribution in [2.45, 2.75) is 32.4 Å². The van der Waals surface area contributed by atoms with E-state index in [1.807, 2.05) is 4.90 Å². The summed E-state index contributed by atoms with van der Waals surface area (Å²) < 4.78 is 45.6. The third-order valence-corrected chi connectivity index (χ3v) is 6.80. The Bertz CT molecular complexity index is 1400. The van der Waals surface area contributed by atoms with Gasteiger partial charge in [0, 0.05) is 35.9 Å². The van der Waals surface area contributed by atoms with E-state index in [2.05, 4.69) is 10.3 Å². The number of alkyl halides is 3. The van der Waals surface area contributed by atoms with E-state index in [9.17, 15) is 32.7 Å². The highest BCUT2D eigenvalue weighted by atomic mass is 19.4. The van der Waals surface area contributed by atoms with Crippen LogP contribution in [0.3, 0.4) is 0 Å². The van der Waals surface area contributed by atoms with E-state index < -0.39 is 47.1 Å². The highest BCUT2D eigenvalue weighted by Crippen LogP contribution is 2.35. The van der Waals surface area contributed by atoms with E-state index in [0.29, 0.717) is 31.5 Å². The van der Waals surface area contributed by atoms with Gasteiger partial charge in [0.05, 0.1) is 5.71 Å². The Labute approximate surface area is 227 Å². The molecule has 1 aliphatic rings. The van der Waals surface area contributed by atoms with Crippen molar-refractivity contribution in [3.63, 3.8) is 0 Å². The number of carboxylic acid groups (broad SMARTS) is 1. The molecule has 1 aliphatic heterocycles. The Kier molecular flexibility index (Phi) is 8.36. The molecule has 1 aromatic heterocycles. The second-order valence-electron chi connectivity index (χ2n) is 9.40. The quantitative estimate of drug-likeness (QED) is 0.295. The van der Waals surface area contributed by atoms with Crippen LogP contribution in [0.2, 0.25) is 0 Å². The van der Waals surface area contributed by atoms with Crippen LogP contribution in [0.4, 0.5) is 24.5 Å². The lowest BCUT2D eigenvalue weighted by Gasteiger charge is -2.33. The van der Waals surface area contributed by atoms with Crippen LogP contribution in [0.5, 0.6) is 0 Å². The fourth-order valence-electron chi connectivity index (χ4n) is 4.61. The summed E-state index contributed by atoms with van der Waals surface area (Å²) >= 11 is 0. The number of oxazole rings is 1. The molecule has 3 aromatic rings. The van der Waals surface area contributed by atoms with Gasteiger partial charge in [-0.15, -0.1) is 0 Å². The van der Waals surface area contributed by atoms with E-state index in [1.54, 1.807) is 49.4 Å². The number of halogens is 3. The zero-order valence-corrected chi connectivity index (χ0v) is 21.5. The molecule has 1 saturated heterocycles. The molecule has 4 rings (SSSR count). The molecule has 1 atom stereocenters. The van der Waals surface area contributed by atoms with Crippen molar-refractivity contribution in [1.82, 2.24) is 4.98 Å². The minimum Gasteiger partial charge on any atom is -0.481 e. The minimum atomic E-state index is -4.92. The molecule has 1 fully saturated rings. The Morgan fingerprint density at radius 1 is 1.10 bits per heavy atom. The fourth-order valence-corrected chi connectivity index (χ4v) is 4.61. The summed E-state index contributed by atoms with van der Waals surface area (Å²) in [6.07, 6.45) is -3.85. The number of hydrogen-bond acceptors (Lipinski definition) is 7. The van der Waals surface area contributed by atoms with Crippen LogP contribution < -0.4 is 10.2 Å². The van der Waals surface area contributed by atoms with E-state index in [-0.39, 0.29) is 23.7 Å². The maximum absolute atomic E-state index is 13.6. The van der Waals surface area contributed by atoms with Gasteiger partial charge in [-0.1, -0.05) is 25.1 Å². The Morgan fingerprint density at radius 3 is 2.27 bits per heavy atom. The first-order valence-corrected chi connectivity index (χ1v) is 12.6. The summed E-state index contributed by atoms with van der Waals surface area (Å²) in [6, 6.07) is 14.4. The van der Waals surface area contributed by atoms with E-state index >= 15 is 0 Å². The normalized spacial score (nSPS) is 14.9. The number of piperidine rings is 1. The Morgan fingerprint density at radius 2 is 1.73 bits per heavy atom. The molecule has 1 amide bonds. The van der Waals surface area contributed by atoms with Gasteiger partial charge in [0.2, 0.25) is 11.7 Å². The summed E-state index contributed by atoms with van der Waals surface area (Å²) in [5.74, 6) is -6.03. The monoisotopic (exact) mass is 556 g/mol. The molecule has 0 aliphatic carbocycles. The molecule has 0 saturated carbocycles. The number of Topliss-reactive ketones (excluding diaryl/α,β-unsaturated/α-hetero) is 1. The predicted molar refractivity (Wildman–Crippen MR) is 140 cm³/mol. The van der Waals surface area contributed by atoms with Gasteiger partial charge in [-0.25, -0.2) is 4.98 Å². The van der Waals surface area contributed by atoms with Gasteiger partial charge in [-0.05, 0) is 55.7 Å². The molecule has 0 bridgehead atoms. The van der Waals surface area contributed by atoms with Crippen molar-refractivity contribution in [2.24, 2.45) is 11.8 Å². The second kappa shape index (κ2) is 11.7. The first kappa shape index (κ1) is 28.5. The number of nitrogens with one attached hydrogen (secondary N) is 2. The van der Waals surface area contributed by atoms with E-state index in [0.717, 1.165) is 5.69 Å². The Balaban J connectivity index is 1.40. The van der Waals surface area contributed by atoms with Gasteiger partial charge in [-0.2, -0.15) is 13.2 Å². The van der Waals surface area contributed by atoms with Crippen LogP contribution in [0, 0.1) is 17.2 Å². The van der Waals surface area contributed by atoms with Crippen LogP contribution in [-0.2, 0) is 15.8 Å². The lowest BCUT2D eigenvalue weighted by Crippen LogP contribution is -2.40. The number of benzene rings is 2. The SMILES string of the molecule is CC[C@@H](C(=N)C(=O)C1CCN(c2ccc(NC(=O)c3nc(-c4ccccc4)oc3C(F)(F)F)cc2)CC1)C(=O)O. The third kappa shape index (κ3) is 6.22. The van der Waals surface area contributed by atoms with Crippen molar-refractivity contribution >= 4 is 34.7 Å². The first-order chi connectivity index (χ1) is 19.0. The molecule has 3 N–H and O–H groups in total. The van der Waals surface area contributed by atoms with Crippen LogP contribution in [0.15, 0.2) is 59.0 Å². The topological polar surface area (TPSA) is 137 Å². The van der Waals surface area contributed by atoms with E-state index in [1.165, 1.54) is 12.1 Å². The smallest absolute Gasteiger partial charge is 0.452 e. The summed E-state index contributed by atoms with van der Waals surface area (Å²) in [5, 5.41) is 19.7. The summed E-state index contributed by atoms with van der Waals surface area (Å²) in [4.78, 5) is 42.5. The summed E-state index contributed by atoms with van der Waals surface area (Å²) in [7, 11) is 0. The van der Waals surface area contributed by atoms with Gasteiger partial charge < -0.3 is 25.1 Å². The van der Waals surface area contributed by atoms with Crippen molar-refractivity contribution in [1.29, 1.82) is 5.41 Å². The molecule has 2 heterocycles. The average molecular weight is 557 g/mol. The summed E-state index contributed by atoms with van der Waals surface area (Å²) in [5.41, 5.74) is 0.0839. The van der Waals surface area contributed by atoms with E-state index in [4.69, 9.17) is 9.83 Å². The number of aliphatic carboxylic acids is 1. The number of anilines is 2. The van der Waals surface area contributed by atoms with Gasteiger partial charge in [0.15, 0.2) is 11.5 Å². The minimum absolute atomic E-state index is 0.171. The molecule has 2 aromatic carbocycles. The second-order valence-corrected chi connectivity index (χ2v) is 9.40. The average Bonchev–Trinajstić information content (AvgIpc) is 3.41. The lowest BCUT2D eigenvalue weighted by molar-refractivity contribution is -0.153. The number of nitrogens with zero attached hydrogens (tertiary/aromatic N) is 2. The van der Waals surface area contributed by atoms with Crippen LogP contribution in [0.25, 0.3) is 11.5 Å². The maximum atomic E-state index is 13.6. The predicted octanol–water partition coefficient (Wildman–Crippen LogP) is 5.53. The number of amides is 1. The first-order valence-electron chi connectivity index (χ1n) is 12.6. The highest BCUT2D eigenvalue weighted by molar-refractivity contribution is 6.42. The molecule has 9 nitrogen and oxygen atoms in total. The van der Waals surface area contributed by atoms with Crippen molar-refractivity contribution in [3.8, 4) is 11.5 Å². The van der Waals surface area contributed by atoms with Crippen molar-refractivity contribution in [2.75, 3.05) is 23.3 Å². The number of carbonyl (C=O) groups excluding carboxylic acids is 2. The standard InChI is InChI=1S/C28H27F3N4O5/c1-2-20(27(38)39)21(32)23(36)16-12-14-35(15-13-16)19-10-8-18(9-11-19)33-25(37)22-24(28(29,30)31)40-26(34-22)17-6-4-3-5-7-17/h3-11,16,20,32H,2,12-15H2,1H3,(H,33,37)(H,38,39)/t20-/m0/s1. The van der Waals surface area contributed by atoms with Crippen molar-refractivity contribution in [3.05, 3.63) is 66.1 Å². The van der Waals surface area contributed by atoms with Gasteiger partial charge >= 0.3 is 12.1 Å².